The van der Waals surface area contributed by atoms with Crippen LogP contribution in [-0.4, -0.2) is 40.7 Å². The zero-order valence-corrected chi connectivity index (χ0v) is 20.6. The summed E-state index contributed by atoms with van der Waals surface area (Å²) in [5, 5.41) is 11.9. The van der Waals surface area contributed by atoms with Crippen LogP contribution in [0.4, 0.5) is 0 Å². The number of phenolic OH excluding ortho intramolecular Hbond substituents is 1. The first kappa shape index (κ1) is 25.7. The van der Waals surface area contributed by atoms with E-state index in [0.29, 0.717) is 18.2 Å². The Hall–Kier alpha value is -1.89. The minimum atomic E-state index is -0.124. The van der Waals surface area contributed by atoms with Crippen LogP contribution in [0.25, 0.3) is 10.9 Å². The number of fused-ring (bicyclic) bond motifs is 2. The Morgan fingerprint density at radius 2 is 1.85 bits per heavy atom. The number of pyridine rings is 1. The smallest absolute Gasteiger partial charge is 0.122 e. The summed E-state index contributed by atoms with van der Waals surface area (Å²) >= 11 is 0. The van der Waals surface area contributed by atoms with E-state index in [1.807, 2.05) is 25.3 Å². The lowest BCUT2D eigenvalue weighted by atomic mass is 9.83. The molecule has 1 fully saturated rings. The molecule has 33 heavy (non-hydrogen) atoms. The molecule has 0 saturated carbocycles. The average Bonchev–Trinajstić information content (AvgIpc) is 2.81. The molecule has 178 valence electrons. The maximum absolute atomic E-state index is 10.7. The predicted molar refractivity (Wildman–Crippen MR) is 137 cm³/mol. The van der Waals surface area contributed by atoms with E-state index >= 15 is 0 Å². The van der Waals surface area contributed by atoms with Crippen molar-refractivity contribution in [1.82, 2.24) is 9.88 Å². The number of benzene rings is 2. The molecule has 5 rings (SSSR count). The van der Waals surface area contributed by atoms with Gasteiger partial charge in [0.25, 0.3) is 0 Å². The predicted octanol–water partition coefficient (Wildman–Crippen LogP) is 4.95. The van der Waals surface area contributed by atoms with Gasteiger partial charge in [0.2, 0.25) is 0 Å². The minimum Gasteiger partial charge on any atom is -0.507 e. The summed E-state index contributed by atoms with van der Waals surface area (Å²) in [5.41, 5.74) is 11.5. The maximum atomic E-state index is 10.7. The monoisotopic (exact) mass is 489 g/mol. The third-order valence-corrected chi connectivity index (χ3v) is 7.12. The Labute approximate surface area is 208 Å². The summed E-state index contributed by atoms with van der Waals surface area (Å²) in [5.74, 6) is 0.916. The highest BCUT2D eigenvalue weighted by Gasteiger charge is 2.35. The fourth-order valence-corrected chi connectivity index (χ4v) is 5.30. The number of likely N-dealkylation sites (tertiary alicyclic amines) is 1. The van der Waals surface area contributed by atoms with Gasteiger partial charge >= 0.3 is 0 Å². The van der Waals surface area contributed by atoms with Crippen molar-refractivity contribution >= 4 is 35.7 Å². The summed E-state index contributed by atoms with van der Waals surface area (Å²) in [4.78, 5) is 7.03. The first-order valence-corrected chi connectivity index (χ1v) is 11.4. The third kappa shape index (κ3) is 5.13. The maximum Gasteiger partial charge on any atom is 0.122 e. The van der Waals surface area contributed by atoms with Crippen LogP contribution in [-0.2, 0) is 17.7 Å². The van der Waals surface area contributed by atoms with Crippen LogP contribution in [0.2, 0.25) is 0 Å². The SMILES string of the molecule is Cc1ccc2c(c1O)C[C@@H](C1CCN(Cc3ccnc4ccccc34)CC1)O[C@H]2CN.Cl.Cl. The van der Waals surface area contributed by atoms with Gasteiger partial charge in [-0.15, -0.1) is 24.8 Å². The van der Waals surface area contributed by atoms with Gasteiger partial charge in [-0.2, -0.15) is 0 Å². The van der Waals surface area contributed by atoms with E-state index in [9.17, 15) is 5.11 Å². The standard InChI is InChI=1S/C26H31N3O2.2ClH/c1-17-6-7-21-22(26(17)30)14-24(31-25(21)15-27)18-9-12-29(13-10-18)16-19-8-11-28-23-5-3-2-4-20(19)23;;/h2-8,11,18,24-25,30H,9-10,12-16,27H2,1H3;2*1H/t24-,25-;;/m0../s1. The van der Waals surface area contributed by atoms with E-state index in [0.717, 1.165) is 61.1 Å². The number of piperidine rings is 1. The molecule has 0 amide bonds. The van der Waals surface area contributed by atoms with E-state index in [2.05, 4.69) is 40.2 Å². The normalized spacial score (nSPS) is 21.2. The highest BCUT2D eigenvalue weighted by atomic mass is 35.5. The van der Waals surface area contributed by atoms with Crippen LogP contribution < -0.4 is 5.73 Å². The average molecular weight is 490 g/mol. The number of nitrogens with two attached hydrogens (primary N) is 1. The number of para-hydroxylation sites is 1. The van der Waals surface area contributed by atoms with Crippen LogP contribution in [0.3, 0.4) is 0 Å². The van der Waals surface area contributed by atoms with Crippen LogP contribution in [0.5, 0.6) is 5.75 Å². The molecule has 3 aromatic rings. The number of aromatic nitrogens is 1. The van der Waals surface area contributed by atoms with Gasteiger partial charge in [-0.1, -0.05) is 30.3 Å². The van der Waals surface area contributed by atoms with Gasteiger partial charge in [-0.25, -0.2) is 0 Å². The Morgan fingerprint density at radius 1 is 1.09 bits per heavy atom. The Kier molecular flexibility index (Phi) is 8.59. The number of aromatic hydroxyl groups is 1. The van der Waals surface area contributed by atoms with Crippen molar-refractivity contribution < 1.29 is 9.84 Å². The largest absolute Gasteiger partial charge is 0.507 e. The number of aryl methyl sites for hydroxylation is 1. The van der Waals surface area contributed by atoms with E-state index in [-0.39, 0.29) is 37.0 Å². The minimum absolute atomic E-state index is 0. The summed E-state index contributed by atoms with van der Waals surface area (Å²) in [6, 6.07) is 14.5. The quantitative estimate of drug-likeness (QED) is 0.542. The van der Waals surface area contributed by atoms with Crippen molar-refractivity contribution in [2.24, 2.45) is 11.7 Å². The van der Waals surface area contributed by atoms with Gasteiger partial charge < -0.3 is 15.6 Å². The fourth-order valence-electron chi connectivity index (χ4n) is 5.30. The summed E-state index contributed by atoms with van der Waals surface area (Å²) < 4.78 is 6.44. The van der Waals surface area contributed by atoms with Gasteiger partial charge in [0, 0.05) is 36.7 Å². The molecule has 0 radical (unpaired) electrons. The second-order valence-corrected chi connectivity index (χ2v) is 9.00. The number of halogens is 2. The third-order valence-electron chi connectivity index (χ3n) is 7.12. The van der Waals surface area contributed by atoms with Gasteiger partial charge in [-0.3, -0.25) is 9.88 Å². The molecule has 3 N–H and O–H groups in total. The molecule has 2 aliphatic rings. The highest BCUT2D eigenvalue weighted by Crippen LogP contribution is 2.40. The molecule has 0 spiro atoms. The zero-order chi connectivity index (χ0) is 21.4. The van der Waals surface area contributed by atoms with Gasteiger partial charge in [-0.05, 0) is 67.6 Å². The molecule has 1 saturated heterocycles. The van der Waals surface area contributed by atoms with E-state index in [4.69, 9.17) is 10.5 Å². The lowest BCUT2D eigenvalue weighted by Crippen LogP contribution is -2.42. The van der Waals surface area contributed by atoms with Crippen LogP contribution in [0, 0.1) is 12.8 Å². The lowest BCUT2D eigenvalue weighted by molar-refractivity contribution is -0.0651. The van der Waals surface area contributed by atoms with Crippen molar-refractivity contribution in [3.8, 4) is 5.75 Å². The molecule has 0 bridgehead atoms. The number of ether oxygens (including phenoxy) is 1. The lowest BCUT2D eigenvalue weighted by Gasteiger charge is -2.40. The van der Waals surface area contributed by atoms with Crippen molar-refractivity contribution in [3.63, 3.8) is 0 Å². The molecule has 2 aliphatic heterocycles. The van der Waals surface area contributed by atoms with Gasteiger partial charge in [0.05, 0.1) is 17.7 Å². The first-order valence-electron chi connectivity index (χ1n) is 11.4. The second-order valence-electron chi connectivity index (χ2n) is 9.00. The molecule has 3 heterocycles. The molecular formula is C26H33Cl2N3O2. The number of rotatable bonds is 4. The van der Waals surface area contributed by atoms with Crippen molar-refractivity contribution in [1.29, 1.82) is 0 Å². The summed E-state index contributed by atoms with van der Waals surface area (Å²) in [6.07, 6.45) is 4.90. The number of hydrogen-bond acceptors (Lipinski definition) is 5. The first-order chi connectivity index (χ1) is 15.1. The van der Waals surface area contributed by atoms with Crippen LogP contribution >= 0.6 is 24.8 Å². The van der Waals surface area contributed by atoms with Crippen LogP contribution in [0.15, 0.2) is 48.7 Å². The van der Waals surface area contributed by atoms with Gasteiger partial charge in [0.15, 0.2) is 0 Å². The fraction of sp³-hybridized carbons (Fsp3) is 0.423. The second kappa shape index (κ2) is 11.0. The molecule has 2 atom stereocenters. The van der Waals surface area contributed by atoms with E-state index in [1.165, 1.54) is 10.9 Å². The Morgan fingerprint density at radius 3 is 2.61 bits per heavy atom. The molecule has 0 aliphatic carbocycles. The number of nitrogens with zero attached hydrogens (tertiary/aromatic N) is 2. The van der Waals surface area contributed by atoms with Crippen molar-refractivity contribution in [3.05, 3.63) is 70.9 Å². The van der Waals surface area contributed by atoms with Crippen LogP contribution in [0.1, 0.15) is 41.2 Å². The molecule has 0 unspecified atom stereocenters. The highest BCUT2D eigenvalue weighted by molar-refractivity contribution is 5.85. The topological polar surface area (TPSA) is 71.6 Å². The molecule has 5 nitrogen and oxygen atoms in total. The number of phenols is 1. The van der Waals surface area contributed by atoms with E-state index < -0.39 is 0 Å². The molecule has 2 aromatic carbocycles. The Bertz CT molecular complexity index is 1080. The number of hydrogen-bond donors (Lipinski definition) is 2. The van der Waals surface area contributed by atoms with Crippen molar-refractivity contribution in [2.75, 3.05) is 19.6 Å². The van der Waals surface area contributed by atoms with E-state index in [1.54, 1.807) is 0 Å². The zero-order valence-electron chi connectivity index (χ0n) is 18.9. The van der Waals surface area contributed by atoms with Crippen molar-refractivity contribution in [2.45, 2.75) is 44.9 Å². The molecular weight excluding hydrogens is 457 g/mol. The van der Waals surface area contributed by atoms with Gasteiger partial charge in [0.1, 0.15) is 5.75 Å². The summed E-state index contributed by atoms with van der Waals surface area (Å²) in [7, 11) is 0. The molecule has 1 aromatic heterocycles. The molecule has 7 heteroatoms. The Balaban J connectivity index is 0.00000153. The summed E-state index contributed by atoms with van der Waals surface area (Å²) in [6.45, 7) is 5.47.